The average molecular weight is 377 g/mol. The molecule has 2 amide bonds. The van der Waals surface area contributed by atoms with E-state index in [2.05, 4.69) is 10.6 Å². The molecule has 0 atom stereocenters. The van der Waals surface area contributed by atoms with E-state index in [0.29, 0.717) is 35.4 Å². The molecule has 6 nitrogen and oxygen atoms in total. The fourth-order valence-electron chi connectivity index (χ4n) is 2.21. The lowest BCUT2D eigenvalue weighted by Crippen LogP contribution is -2.35. The maximum Gasteiger partial charge on any atom is 0.313 e. The fraction of sp³-hybridized carbons (Fsp3) is 0.263. The summed E-state index contributed by atoms with van der Waals surface area (Å²) < 4.78 is 11.0. The van der Waals surface area contributed by atoms with E-state index in [1.165, 1.54) is 0 Å². The molecular weight excluding hydrogens is 356 g/mol. The third-order valence-corrected chi connectivity index (χ3v) is 3.77. The van der Waals surface area contributed by atoms with Crippen LogP contribution in [0.1, 0.15) is 19.4 Å². The van der Waals surface area contributed by atoms with Gasteiger partial charge >= 0.3 is 11.8 Å². The van der Waals surface area contributed by atoms with Crippen molar-refractivity contribution in [1.82, 2.24) is 5.32 Å². The van der Waals surface area contributed by atoms with E-state index < -0.39 is 11.8 Å². The van der Waals surface area contributed by atoms with E-state index in [-0.39, 0.29) is 6.54 Å². The Bertz CT molecular complexity index is 780. The van der Waals surface area contributed by atoms with Crippen LogP contribution in [0.2, 0.25) is 5.02 Å². The van der Waals surface area contributed by atoms with Crippen molar-refractivity contribution in [3.8, 4) is 11.5 Å². The lowest BCUT2D eigenvalue weighted by Gasteiger charge is -2.13. The molecule has 0 saturated heterocycles. The van der Waals surface area contributed by atoms with Gasteiger partial charge in [-0.3, -0.25) is 9.59 Å². The molecule has 26 heavy (non-hydrogen) atoms. The standard InChI is InChI=1S/C19H21ClN2O4/c1-3-25-16-10-9-14(11-17(16)26-4-2)22-19(24)18(23)21-12-13-7-5-6-8-15(13)20/h5-11H,3-4,12H2,1-2H3,(H,21,23)(H,22,24). The van der Waals surface area contributed by atoms with Gasteiger partial charge in [-0.15, -0.1) is 0 Å². The first-order chi connectivity index (χ1) is 12.5. The molecular formula is C19H21ClN2O4. The zero-order valence-corrected chi connectivity index (χ0v) is 15.4. The van der Waals surface area contributed by atoms with E-state index in [1.54, 1.807) is 36.4 Å². The van der Waals surface area contributed by atoms with Gasteiger partial charge in [0.1, 0.15) is 0 Å². The molecule has 2 aromatic carbocycles. The molecule has 0 unspecified atom stereocenters. The van der Waals surface area contributed by atoms with Crippen LogP contribution in [0.3, 0.4) is 0 Å². The van der Waals surface area contributed by atoms with Crippen LogP contribution < -0.4 is 20.1 Å². The smallest absolute Gasteiger partial charge is 0.313 e. The van der Waals surface area contributed by atoms with Gasteiger partial charge in [-0.25, -0.2) is 0 Å². The van der Waals surface area contributed by atoms with Crippen molar-refractivity contribution < 1.29 is 19.1 Å². The van der Waals surface area contributed by atoms with E-state index in [1.807, 2.05) is 19.9 Å². The highest BCUT2D eigenvalue weighted by Gasteiger charge is 2.15. The highest BCUT2D eigenvalue weighted by atomic mass is 35.5. The number of rotatable bonds is 7. The molecule has 0 radical (unpaired) electrons. The van der Waals surface area contributed by atoms with Crippen molar-refractivity contribution in [2.45, 2.75) is 20.4 Å². The molecule has 0 aliphatic carbocycles. The molecule has 7 heteroatoms. The first-order valence-corrected chi connectivity index (χ1v) is 8.65. The van der Waals surface area contributed by atoms with Gasteiger partial charge in [-0.05, 0) is 37.6 Å². The van der Waals surface area contributed by atoms with Gasteiger partial charge in [0, 0.05) is 23.3 Å². The second kappa shape index (κ2) is 9.68. The third kappa shape index (κ3) is 5.39. The van der Waals surface area contributed by atoms with Crippen molar-refractivity contribution in [3.05, 3.63) is 53.1 Å². The van der Waals surface area contributed by atoms with E-state index >= 15 is 0 Å². The Labute approximate surface area is 157 Å². The normalized spacial score (nSPS) is 10.1. The van der Waals surface area contributed by atoms with Crippen molar-refractivity contribution in [2.75, 3.05) is 18.5 Å². The highest BCUT2D eigenvalue weighted by Crippen LogP contribution is 2.30. The van der Waals surface area contributed by atoms with Crippen LogP contribution in [-0.4, -0.2) is 25.0 Å². The maximum absolute atomic E-state index is 12.1. The Balaban J connectivity index is 1.98. The Morgan fingerprint density at radius 1 is 0.962 bits per heavy atom. The zero-order chi connectivity index (χ0) is 18.9. The third-order valence-electron chi connectivity index (χ3n) is 3.40. The SMILES string of the molecule is CCOc1ccc(NC(=O)C(=O)NCc2ccccc2Cl)cc1OCC. The second-order valence-electron chi connectivity index (χ2n) is 5.26. The van der Waals surface area contributed by atoms with Crippen LogP contribution in [0.5, 0.6) is 11.5 Å². The van der Waals surface area contributed by atoms with Crippen LogP contribution in [0.4, 0.5) is 5.69 Å². The van der Waals surface area contributed by atoms with Crippen LogP contribution in [-0.2, 0) is 16.1 Å². The Hall–Kier alpha value is -2.73. The van der Waals surface area contributed by atoms with Crippen LogP contribution in [0.25, 0.3) is 0 Å². The van der Waals surface area contributed by atoms with E-state index in [9.17, 15) is 9.59 Å². The number of nitrogens with one attached hydrogen (secondary N) is 2. The van der Waals surface area contributed by atoms with Crippen molar-refractivity contribution in [2.24, 2.45) is 0 Å². The van der Waals surface area contributed by atoms with E-state index in [0.717, 1.165) is 5.56 Å². The molecule has 0 aliphatic rings. The van der Waals surface area contributed by atoms with Gasteiger partial charge in [0.05, 0.1) is 13.2 Å². The van der Waals surface area contributed by atoms with Crippen LogP contribution in [0, 0.1) is 0 Å². The summed E-state index contributed by atoms with van der Waals surface area (Å²) in [4.78, 5) is 24.1. The van der Waals surface area contributed by atoms with Gasteiger partial charge in [0.25, 0.3) is 0 Å². The Morgan fingerprint density at radius 3 is 2.35 bits per heavy atom. The molecule has 0 heterocycles. The molecule has 0 bridgehead atoms. The molecule has 138 valence electrons. The monoisotopic (exact) mass is 376 g/mol. The molecule has 0 aromatic heterocycles. The number of amides is 2. The number of hydrogen-bond donors (Lipinski definition) is 2. The molecule has 2 rings (SSSR count). The second-order valence-corrected chi connectivity index (χ2v) is 5.66. The molecule has 0 spiro atoms. The number of anilines is 1. The number of benzene rings is 2. The van der Waals surface area contributed by atoms with Crippen LogP contribution in [0.15, 0.2) is 42.5 Å². The maximum atomic E-state index is 12.1. The van der Waals surface area contributed by atoms with Crippen molar-refractivity contribution in [3.63, 3.8) is 0 Å². The summed E-state index contributed by atoms with van der Waals surface area (Å²) >= 11 is 6.03. The summed E-state index contributed by atoms with van der Waals surface area (Å²) in [5, 5.41) is 5.61. The fourth-order valence-corrected chi connectivity index (χ4v) is 2.42. The molecule has 0 fully saturated rings. The largest absolute Gasteiger partial charge is 0.490 e. The van der Waals surface area contributed by atoms with Crippen molar-refractivity contribution in [1.29, 1.82) is 0 Å². The summed E-state index contributed by atoms with van der Waals surface area (Å²) in [7, 11) is 0. The molecule has 2 aromatic rings. The molecule has 0 saturated carbocycles. The number of hydrogen-bond acceptors (Lipinski definition) is 4. The van der Waals surface area contributed by atoms with Gasteiger partial charge in [-0.2, -0.15) is 0 Å². The minimum atomic E-state index is -0.774. The summed E-state index contributed by atoms with van der Waals surface area (Å²) in [6.07, 6.45) is 0. The predicted octanol–water partition coefficient (Wildman–Crippen LogP) is 3.39. The minimum Gasteiger partial charge on any atom is -0.490 e. The number of carbonyl (C=O) groups is 2. The number of halogens is 1. The summed E-state index contributed by atoms with van der Waals surface area (Å²) in [5.74, 6) is -0.445. The van der Waals surface area contributed by atoms with Crippen LogP contribution >= 0.6 is 11.6 Å². The van der Waals surface area contributed by atoms with E-state index in [4.69, 9.17) is 21.1 Å². The van der Waals surface area contributed by atoms with Gasteiger partial charge < -0.3 is 20.1 Å². The number of carbonyl (C=O) groups excluding carboxylic acids is 2. The lowest BCUT2D eigenvalue weighted by molar-refractivity contribution is -0.136. The van der Waals surface area contributed by atoms with Gasteiger partial charge in [0.2, 0.25) is 0 Å². The zero-order valence-electron chi connectivity index (χ0n) is 14.7. The summed E-state index contributed by atoms with van der Waals surface area (Å²) in [6, 6.07) is 12.1. The minimum absolute atomic E-state index is 0.166. The number of ether oxygens (including phenoxy) is 2. The topological polar surface area (TPSA) is 76.7 Å². The summed E-state index contributed by atoms with van der Waals surface area (Å²) in [5.41, 5.74) is 1.17. The molecule has 0 aliphatic heterocycles. The first kappa shape index (κ1) is 19.6. The quantitative estimate of drug-likeness (QED) is 0.726. The lowest BCUT2D eigenvalue weighted by atomic mass is 10.2. The van der Waals surface area contributed by atoms with Crippen molar-refractivity contribution >= 4 is 29.1 Å². The highest BCUT2D eigenvalue weighted by molar-refractivity contribution is 6.39. The summed E-state index contributed by atoms with van der Waals surface area (Å²) in [6.45, 7) is 4.84. The van der Waals surface area contributed by atoms with Gasteiger partial charge in [0.15, 0.2) is 11.5 Å². The van der Waals surface area contributed by atoms with Gasteiger partial charge in [-0.1, -0.05) is 29.8 Å². The predicted molar refractivity (Wildman–Crippen MR) is 101 cm³/mol. The Kier molecular flexibility index (Phi) is 7.29. The Morgan fingerprint density at radius 2 is 1.65 bits per heavy atom. The average Bonchev–Trinajstić information content (AvgIpc) is 2.63. The molecule has 2 N–H and O–H groups in total. The first-order valence-electron chi connectivity index (χ1n) is 8.27.